The van der Waals surface area contributed by atoms with Gasteiger partial charge in [-0.3, -0.25) is 4.68 Å². The molecule has 104 valence electrons. The van der Waals surface area contributed by atoms with E-state index in [1.807, 2.05) is 17.9 Å². The van der Waals surface area contributed by atoms with Crippen molar-refractivity contribution in [2.75, 3.05) is 6.61 Å². The van der Waals surface area contributed by atoms with Gasteiger partial charge in [-0.2, -0.15) is 5.10 Å². The molecule has 0 aromatic carbocycles. The fourth-order valence-corrected chi connectivity index (χ4v) is 2.05. The first-order valence-electron chi connectivity index (χ1n) is 6.70. The van der Waals surface area contributed by atoms with Crippen LogP contribution in [-0.4, -0.2) is 27.5 Å². The zero-order valence-corrected chi connectivity index (χ0v) is 12.5. The summed E-state index contributed by atoms with van der Waals surface area (Å²) in [6, 6.07) is 0.345. The molecule has 0 fully saturated rings. The summed E-state index contributed by atoms with van der Waals surface area (Å²) in [4.78, 5) is 0. The average molecular weight is 253 g/mol. The van der Waals surface area contributed by atoms with Crippen LogP contribution in [0.3, 0.4) is 0 Å². The smallest absolute Gasteiger partial charge is 0.0726 e. The number of nitrogens with zero attached hydrogens (tertiary/aromatic N) is 2. The van der Waals surface area contributed by atoms with Gasteiger partial charge in [0.05, 0.1) is 18.3 Å². The Balaban J connectivity index is 3.05. The van der Waals surface area contributed by atoms with E-state index >= 15 is 0 Å². The van der Waals surface area contributed by atoms with Crippen molar-refractivity contribution in [2.45, 2.75) is 58.5 Å². The van der Waals surface area contributed by atoms with Crippen molar-refractivity contribution in [2.24, 2.45) is 7.05 Å². The lowest BCUT2D eigenvalue weighted by Gasteiger charge is -2.24. The number of hydrogen-bond donors (Lipinski definition) is 2. The zero-order chi connectivity index (χ0) is 13.9. The number of nitrogens with one attached hydrogen (secondary N) is 1. The molecule has 0 saturated heterocycles. The monoisotopic (exact) mass is 253 g/mol. The Morgan fingerprint density at radius 3 is 2.50 bits per heavy atom. The van der Waals surface area contributed by atoms with Crippen molar-refractivity contribution in [3.8, 4) is 0 Å². The molecule has 0 saturated carbocycles. The first-order chi connectivity index (χ1) is 8.29. The van der Waals surface area contributed by atoms with Gasteiger partial charge in [-0.15, -0.1) is 0 Å². The van der Waals surface area contributed by atoms with E-state index in [-0.39, 0.29) is 18.1 Å². The topological polar surface area (TPSA) is 50.1 Å². The average Bonchev–Trinajstić information content (AvgIpc) is 2.67. The molecule has 18 heavy (non-hydrogen) atoms. The van der Waals surface area contributed by atoms with Gasteiger partial charge in [-0.25, -0.2) is 0 Å². The maximum absolute atomic E-state index is 9.62. The van der Waals surface area contributed by atoms with Crippen LogP contribution in [0.25, 0.3) is 0 Å². The van der Waals surface area contributed by atoms with E-state index in [9.17, 15) is 5.11 Å². The number of hydrogen-bond acceptors (Lipinski definition) is 3. The third-order valence-electron chi connectivity index (χ3n) is 3.22. The number of rotatable bonds is 5. The van der Waals surface area contributed by atoms with Crippen LogP contribution in [0, 0.1) is 0 Å². The minimum atomic E-state index is -0.0390. The van der Waals surface area contributed by atoms with Crippen molar-refractivity contribution in [3.05, 3.63) is 17.5 Å². The summed E-state index contributed by atoms with van der Waals surface area (Å²) in [5.74, 6) is 0. The van der Waals surface area contributed by atoms with Gasteiger partial charge >= 0.3 is 0 Å². The molecule has 1 rings (SSSR count). The van der Waals surface area contributed by atoms with Crippen LogP contribution in [0.1, 0.15) is 58.3 Å². The van der Waals surface area contributed by atoms with E-state index in [4.69, 9.17) is 0 Å². The van der Waals surface area contributed by atoms with Gasteiger partial charge in [0.1, 0.15) is 0 Å². The van der Waals surface area contributed by atoms with Crippen LogP contribution in [0.4, 0.5) is 0 Å². The lowest BCUT2D eigenvalue weighted by Crippen LogP contribution is -2.33. The van der Waals surface area contributed by atoms with E-state index < -0.39 is 0 Å². The standard InChI is InChI=1S/C14H27N3O/c1-7-10(2)15-12(9-18)11-8-17(6)16-13(11)14(3,4)5/h8,10,12,15,18H,7,9H2,1-6H3. The lowest BCUT2D eigenvalue weighted by molar-refractivity contribution is 0.232. The summed E-state index contributed by atoms with van der Waals surface area (Å²) < 4.78 is 1.83. The Labute approximate surface area is 110 Å². The Kier molecular flexibility index (Phi) is 4.93. The second-order valence-electron chi connectivity index (χ2n) is 6.07. The summed E-state index contributed by atoms with van der Waals surface area (Å²) in [6.07, 6.45) is 3.05. The van der Waals surface area contributed by atoms with Gasteiger partial charge in [0.2, 0.25) is 0 Å². The van der Waals surface area contributed by atoms with Crippen molar-refractivity contribution in [1.29, 1.82) is 0 Å². The largest absolute Gasteiger partial charge is 0.394 e. The van der Waals surface area contributed by atoms with Gasteiger partial charge in [-0.1, -0.05) is 27.7 Å². The van der Waals surface area contributed by atoms with E-state index in [0.717, 1.165) is 17.7 Å². The highest BCUT2D eigenvalue weighted by Gasteiger charge is 2.26. The first kappa shape index (κ1) is 15.2. The fourth-order valence-electron chi connectivity index (χ4n) is 2.05. The van der Waals surface area contributed by atoms with Crippen molar-refractivity contribution < 1.29 is 5.11 Å². The van der Waals surface area contributed by atoms with Crippen LogP contribution in [0.5, 0.6) is 0 Å². The van der Waals surface area contributed by atoms with Crippen LogP contribution < -0.4 is 5.32 Å². The van der Waals surface area contributed by atoms with Crippen LogP contribution in [0.15, 0.2) is 6.20 Å². The number of aromatic nitrogens is 2. The van der Waals surface area contributed by atoms with Gasteiger partial charge in [0.25, 0.3) is 0 Å². The van der Waals surface area contributed by atoms with Crippen LogP contribution >= 0.6 is 0 Å². The van der Waals surface area contributed by atoms with Gasteiger partial charge < -0.3 is 10.4 Å². The fraction of sp³-hybridized carbons (Fsp3) is 0.786. The van der Waals surface area contributed by atoms with Crippen molar-refractivity contribution in [3.63, 3.8) is 0 Å². The van der Waals surface area contributed by atoms with Crippen molar-refractivity contribution in [1.82, 2.24) is 15.1 Å². The minimum absolute atomic E-state index is 0.0128. The molecule has 1 aromatic heterocycles. The molecule has 1 heterocycles. The van der Waals surface area contributed by atoms with Gasteiger partial charge in [0, 0.05) is 30.3 Å². The highest BCUT2D eigenvalue weighted by Crippen LogP contribution is 2.28. The quantitative estimate of drug-likeness (QED) is 0.845. The van der Waals surface area contributed by atoms with E-state index in [2.05, 4.69) is 45.0 Å². The molecule has 0 aliphatic heterocycles. The van der Waals surface area contributed by atoms with E-state index in [1.54, 1.807) is 0 Å². The molecule has 0 spiro atoms. The van der Waals surface area contributed by atoms with E-state index in [0.29, 0.717) is 6.04 Å². The second kappa shape index (κ2) is 5.85. The van der Waals surface area contributed by atoms with Gasteiger partial charge in [0.15, 0.2) is 0 Å². The number of aryl methyl sites for hydroxylation is 1. The predicted octanol–water partition coefficient (Wildman–Crippen LogP) is 2.14. The number of aliphatic hydroxyl groups excluding tert-OH is 1. The predicted molar refractivity (Wildman–Crippen MR) is 74.6 cm³/mol. The summed E-state index contributed by atoms with van der Waals surface area (Å²) in [7, 11) is 1.93. The Morgan fingerprint density at radius 2 is 2.06 bits per heavy atom. The summed E-state index contributed by atoms with van der Waals surface area (Å²) >= 11 is 0. The first-order valence-corrected chi connectivity index (χ1v) is 6.70. The molecule has 2 N–H and O–H groups in total. The Morgan fingerprint density at radius 1 is 1.44 bits per heavy atom. The Hall–Kier alpha value is -0.870. The van der Waals surface area contributed by atoms with E-state index in [1.165, 1.54) is 0 Å². The molecule has 2 unspecified atom stereocenters. The summed E-state index contributed by atoms with van der Waals surface area (Å²) in [5.41, 5.74) is 2.15. The summed E-state index contributed by atoms with van der Waals surface area (Å²) in [5, 5.41) is 17.6. The molecule has 4 nitrogen and oxygen atoms in total. The van der Waals surface area contributed by atoms with Crippen LogP contribution in [0.2, 0.25) is 0 Å². The number of aliphatic hydroxyl groups is 1. The minimum Gasteiger partial charge on any atom is -0.394 e. The second-order valence-corrected chi connectivity index (χ2v) is 6.07. The zero-order valence-electron chi connectivity index (χ0n) is 12.5. The third-order valence-corrected chi connectivity index (χ3v) is 3.22. The maximum atomic E-state index is 9.62. The van der Waals surface area contributed by atoms with Gasteiger partial charge in [-0.05, 0) is 13.3 Å². The molecule has 0 aliphatic carbocycles. The molecule has 4 heteroatoms. The van der Waals surface area contributed by atoms with Crippen molar-refractivity contribution >= 4 is 0 Å². The molecule has 0 aliphatic rings. The maximum Gasteiger partial charge on any atom is 0.0726 e. The molecule has 0 radical (unpaired) electrons. The SMILES string of the molecule is CCC(C)NC(CO)c1cn(C)nc1C(C)(C)C. The molecule has 0 bridgehead atoms. The summed E-state index contributed by atoms with van der Waals surface area (Å²) in [6.45, 7) is 10.8. The third kappa shape index (κ3) is 3.56. The molecule has 2 atom stereocenters. The highest BCUT2D eigenvalue weighted by atomic mass is 16.3. The lowest BCUT2D eigenvalue weighted by atomic mass is 9.87. The molecular weight excluding hydrogens is 226 g/mol. The Bertz CT molecular complexity index is 379. The van der Waals surface area contributed by atoms with Crippen LogP contribution in [-0.2, 0) is 12.5 Å². The molecule has 1 aromatic rings. The molecular formula is C14H27N3O. The molecule has 0 amide bonds. The highest BCUT2D eigenvalue weighted by molar-refractivity contribution is 5.27. The normalized spacial score (nSPS) is 15.7.